The zero-order valence-electron chi connectivity index (χ0n) is 7.66. The minimum absolute atomic E-state index is 0.212. The van der Waals surface area contributed by atoms with E-state index >= 15 is 0 Å². The SMILES string of the molecule is CCCCn1cnc(N)c1C(N)=O. The van der Waals surface area contributed by atoms with Crippen molar-refractivity contribution in [2.24, 2.45) is 5.73 Å². The number of primary amides is 1. The average molecular weight is 182 g/mol. The lowest BCUT2D eigenvalue weighted by atomic mass is 10.3. The summed E-state index contributed by atoms with van der Waals surface area (Å²) in [6.07, 6.45) is 3.58. The number of hydrogen-bond donors (Lipinski definition) is 2. The highest BCUT2D eigenvalue weighted by Gasteiger charge is 2.12. The molecule has 1 aromatic rings. The molecule has 0 atom stereocenters. The Hall–Kier alpha value is -1.52. The molecule has 0 aliphatic rings. The Bertz CT molecular complexity index is 305. The quantitative estimate of drug-likeness (QED) is 0.705. The lowest BCUT2D eigenvalue weighted by Crippen LogP contribution is -2.18. The number of aromatic nitrogens is 2. The van der Waals surface area contributed by atoms with E-state index in [1.54, 1.807) is 10.9 Å². The molecule has 1 heterocycles. The van der Waals surface area contributed by atoms with Crippen LogP contribution in [-0.4, -0.2) is 15.5 Å². The van der Waals surface area contributed by atoms with Crippen molar-refractivity contribution in [2.75, 3.05) is 5.73 Å². The molecule has 0 spiro atoms. The van der Waals surface area contributed by atoms with Gasteiger partial charge in [-0.2, -0.15) is 0 Å². The predicted octanol–water partition coefficient (Wildman–Crippen LogP) is 0.364. The van der Waals surface area contributed by atoms with Crippen LogP contribution in [-0.2, 0) is 6.54 Å². The Morgan fingerprint density at radius 1 is 1.69 bits per heavy atom. The van der Waals surface area contributed by atoms with Crippen molar-refractivity contribution in [1.82, 2.24) is 9.55 Å². The fourth-order valence-corrected chi connectivity index (χ4v) is 1.16. The first-order chi connectivity index (χ1) is 6.16. The number of imidazole rings is 1. The number of anilines is 1. The first-order valence-electron chi connectivity index (χ1n) is 4.27. The maximum absolute atomic E-state index is 10.9. The van der Waals surface area contributed by atoms with Gasteiger partial charge in [-0.15, -0.1) is 0 Å². The van der Waals surface area contributed by atoms with E-state index in [4.69, 9.17) is 11.5 Å². The monoisotopic (exact) mass is 182 g/mol. The lowest BCUT2D eigenvalue weighted by molar-refractivity contribution is 0.0992. The molecule has 1 rings (SSSR count). The molecule has 0 aromatic carbocycles. The number of carbonyl (C=O) groups excluding carboxylic acids is 1. The van der Waals surface area contributed by atoms with E-state index in [0.717, 1.165) is 19.4 Å². The second-order valence-corrected chi connectivity index (χ2v) is 2.89. The second-order valence-electron chi connectivity index (χ2n) is 2.89. The number of rotatable bonds is 4. The molecule has 5 heteroatoms. The van der Waals surface area contributed by atoms with E-state index in [1.807, 2.05) is 0 Å². The molecule has 0 aliphatic carbocycles. The molecular formula is C8H14N4O. The Morgan fingerprint density at radius 3 is 2.92 bits per heavy atom. The van der Waals surface area contributed by atoms with Gasteiger partial charge in [0, 0.05) is 6.54 Å². The van der Waals surface area contributed by atoms with E-state index < -0.39 is 5.91 Å². The third kappa shape index (κ3) is 1.99. The number of amides is 1. The molecule has 1 aromatic heterocycles. The molecule has 0 unspecified atom stereocenters. The van der Waals surface area contributed by atoms with Crippen LogP contribution in [0, 0.1) is 0 Å². The molecule has 0 aliphatic heterocycles. The van der Waals surface area contributed by atoms with Gasteiger partial charge in [0.1, 0.15) is 0 Å². The highest BCUT2D eigenvalue weighted by Crippen LogP contribution is 2.09. The first-order valence-corrected chi connectivity index (χ1v) is 4.27. The van der Waals surface area contributed by atoms with Crippen LogP contribution in [0.25, 0.3) is 0 Å². The first kappa shape index (κ1) is 9.57. The van der Waals surface area contributed by atoms with Crippen molar-refractivity contribution in [3.05, 3.63) is 12.0 Å². The lowest BCUT2D eigenvalue weighted by Gasteiger charge is -2.03. The molecule has 4 N–H and O–H groups in total. The summed E-state index contributed by atoms with van der Waals surface area (Å²) in [4.78, 5) is 14.8. The van der Waals surface area contributed by atoms with Crippen molar-refractivity contribution < 1.29 is 4.79 Å². The third-order valence-corrected chi connectivity index (χ3v) is 1.85. The van der Waals surface area contributed by atoms with Crippen molar-refractivity contribution in [3.63, 3.8) is 0 Å². The largest absolute Gasteiger partial charge is 0.382 e. The summed E-state index contributed by atoms with van der Waals surface area (Å²) in [7, 11) is 0. The highest BCUT2D eigenvalue weighted by molar-refractivity contribution is 5.95. The molecule has 0 fully saturated rings. The number of nitrogen functional groups attached to an aromatic ring is 1. The van der Waals surface area contributed by atoms with E-state index in [2.05, 4.69) is 11.9 Å². The Labute approximate surface area is 76.7 Å². The summed E-state index contributed by atoms with van der Waals surface area (Å²) in [6, 6.07) is 0. The van der Waals surface area contributed by atoms with E-state index in [0.29, 0.717) is 5.69 Å². The molecule has 0 saturated heterocycles. The summed E-state index contributed by atoms with van der Waals surface area (Å²) >= 11 is 0. The van der Waals surface area contributed by atoms with Gasteiger partial charge < -0.3 is 16.0 Å². The van der Waals surface area contributed by atoms with E-state index in [-0.39, 0.29) is 5.82 Å². The molecule has 13 heavy (non-hydrogen) atoms. The average Bonchev–Trinajstić information content (AvgIpc) is 2.43. The van der Waals surface area contributed by atoms with Crippen LogP contribution in [0.4, 0.5) is 5.82 Å². The minimum Gasteiger partial charge on any atom is -0.382 e. The highest BCUT2D eigenvalue weighted by atomic mass is 16.1. The molecule has 0 bridgehead atoms. The summed E-state index contributed by atoms with van der Waals surface area (Å²) < 4.78 is 1.70. The van der Waals surface area contributed by atoms with Gasteiger partial charge in [0.2, 0.25) is 0 Å². The number of hydrogen-bond acceptors (Lipinski definition) is 3. The Kier molecular flexibility index (Phi) is 2.89. The Morgan fingerprint density at radius 2 is 2.38 bits per heavy atom. The van der Waals surface area contributed by atoms with Crippen LogP contribution in [0.3, 0.4) is 0 Å². The second kappa shape index (κ2) is 3.93. The van der Waals surface area contributed by atoms with Gasteiger partial charge in [0.05, 0.1) is 6.33 Å². The maximum Gasteiger partial charge on any atom is 0.269 e. The third-order valence-electron chi connectivity index (χ3n) is 1.85. The standard InChI is InChI=1S/C8H14N4O/c1-2-3-4-12-5-11-7(9)6(12)8(10)13/h5H,2-4,9H2,1H3,(H2,10,13). The van der Waals surface area contributed by atoms with Crippen LogP contribution in [0.1, 0.15) is 30.3 Å². The number of unbranched alkanes of at least 4 members (excludes halogenated alkanes) is 1. The van der Waals surface area contributed by atoms with Crippen molar-refractivity contribution in [1.29, 1.82) is 0 Å². The summed E-state index contributed by atoms with van der Waals surface area (Å²) in [5, 5.41) is 0. The minimum atomic E-state index is -0.522. The van der Waals surface area contributed by atoms with Crippen molar-refractivity contribution >= 4 is 11.7 Å². The zero-order valence-corrected chi connectivity index (χ0v) is 7.66. The topological polar surface area (TPSA) is 86.9 Å². The molecule has 72 valence electrons. The van der Waals surface area contributed by atoms with Crippen LogP contribution < -0.4 is 11.5 Å². The number of aryl methyl sites for hydroxylation is 1. The van der Waals surface area contributed by atoms with E-state index in [9.17, 15) is 4.79 Å². The van der Waals surface area contributed by atoms with Gasteiger partial charge in [-0.1, -0.05) is 13.3 Å². The van der Waals surface area contributed by atoms with Crippen molar-refractivity contribution in [3.8, 4) is 0 Å². The molecule has 1 amide bonds. The van der Waals surface area contributed by atoms with Crippen LogP contribution in [0.15, 0.2) is 6.33 Å². The van der Waals surface area contributed by atoms with Gasteiger partial charge in [0.25, 0.3) is 5.91 Å². The molecule has 5 nitrogen and oxygen atoms in total. The van der Waals surface area contributed by atoms with Gasteiger partial charge in [-0.25, -0.2) is 4.98 Å². The smallest absolute Gasteiger partial charge is 0.269 e. The molecular weight excluding hydrogens is 168 g/mol. The summed E-state index contributed by atoms with van der Waals surface area (Å²) in [6.45, 7) is 2.81. The number of nitrogens with two attached hydrogens (primary N) is 2. The van der Waals surface area contributed by atoms with Gasteiger partial charge in [-0.3, -0.25) is 4.79 Å². The normalized spacial score (nSPS) is 10.2. The number of carbonyl (C=O) groups is 1. The summed E-state index contributed by atoms with van der Waals surface area (Å²) in [5.41, 5.74) is 10.9. The van der Waals surface area contributed by atoms with Crippen molar-refractivity contribution in [2.45, 2.75) is 26.3 Å². The summed E-state index contributed by atoms with van der Waals surface area (Å²) in [5.74, 6) is -0.310. The van der Waals surface area contributed by atoms with Crippen LogP contribution in [0.2, 0.25) is 0 Å². The predicted molar refractivity (Wildman–Crippen MR) is 50.1 cm³/mol. The Balaban J connectivity index is 2.87. The molecule has 0 saturated carbocycles. The zero-order chi connectivity index (χ0) is 9.84. The van der Waals surface area contributed by atoms with Gasteiger partial charge in [0.15, 0.2) is 11.5 Å². The van der Waals surface area contributed by atoms with Crippen LogP contribution in [0.5, 0.6) is 0 Å². The fraction of sp³-hybridized carbons (Fsp3) is 0.500. The number of nitrogens with zero attached hydrogens (tertiary/aromatic N) is 2. The molecule has 0 radical (unpaired) electrons. The maximum atomic E-state index is 10.9. The van der Waals surface area contributed by atoms with Gasteiger partial charge >= 0.3 is 0 Å². The fourth-order valence-electron chi connectivity index (χ4n) is 1.16. The van der Waals surface area contributed by atoms with Gasteiger partial charge in [-0.05, 0) is 6.42 Å². The van der Waals surface area contributed by atoms with Crippen LogP contribution >= 0.6 is 0 Å². The van der Waals surface area contributed by atoms with E-state index in [1.165, 1.54) is 0 Å².